The third kappa shape index (κ3) is 8.19. The maximum Gasteiger partial charge on any atom is 0.0753 e. The van der Waals surface area contributed by atoms with E-state index in [0.29, 0.717) is 4.99 Å². The van der Waals surface area contributed by atoms with Crippen LogP contribution in [0.1, 0.15) is 46.0 Å². The molecule has 0 aliphatic carbocycles. The summed E-state index contributed by atoms with van der Waals surface area (Å²) in [7, 11) is 0. The van der Waals surface area contributed by atoms with Gasteiger partial charge < -0.3 is 10.5 Å². The molecule has 0 bridgehead atoms. The summed E-state index contributed by atoms with van der Waals surface area (Å²) < 4.78 is 5.64. The first-order chi connectivity index (χ1) is 6.20. The maximum atomic E-state index is 5.64. The van der Waals surface area contributed by atoms with Crippen LogP contribution in [0.25, 0.3) is 0 Å². The van der Waals surface area contributed by atoms with Crippen LogP contribution in [0.4, 0.5) is 0 Å². The van der Waals surface area contributed by atoms with Crippen molar-refractivity contribution >= 4 is 17.2 Å². The van der Waals surface area contributed by atoms with Gasteiger partial charge in [-0.15, -0.1) is 0 Å². The summed E-state index contributed by atoms with van der Waals surface area (Å²) in [6.45, 7) is 5.13. The lowest BCUT2D eigenvalue weighted by Gasteiger charge is -2.14. The van der Waals surface area contributed by atoms with Crippen molar-refractivity contribution in [3.63, 3.8) is 0 Å². The van der Waals surface area contributed by atoms with Gasteiger partial charge in [0.25, 0.3) is 0 Å². The van der Waals surface area contributed by atoms with Gasteiger partial charge in [-0.25, -0.2) is 0 Å². The monoisotopic (exact) mass is 203 g/mol. The van der Waals surface area contributed by atoms with Gasteiger partial charge in [0, 0.05) is 13.0 Å². The van der Waals surface area contributed by atoms with Crippen molar-refractivity contribution in [2.75, 3.05) is 6.61 Å². The van der Waals surface area contributed by atoms with Crippen LogP contribution < -0.4 is 5.73 Å². The fourth-order valence-corrected chi connectivity index (χ4v) is 1.33. The van der Waals surface area contributed by atoms with Gasteiger partial charge in [-0.05, 0) is 12.8 Å². The molecule has 0 aromatic carbocycles. The van der Waals surface area contributed by atoms with Gasteiger partial charge in [0.05, 0.1) is 11.1 Å². The molecule has 0 aromatic rings. The molecule has 0 aliphatic rings. The first-order valence-electron chi connectivity index (χ1n) is 5.10. The minimum atomic E-state index is 0.231. The van der Waals surface area contributed by atoms with Crippen LogP contribution in [0.5, 0.6) is 0 Å². The average molecular weight is 203 g/mol. The summed E-state index contributed by atoms with van der Waals surface area (Å²) in [5.41, 5.74) is 5.45. The smallest absolute Gasteiger partial charge is 0.0753 e. The zero-order valence-corrected chi connectivity index (χ0v) is 9.53. The van der Waals surface area contributed by atoms with E-state index in [1.54, 1.807) is 0 Å². The molecular formula is C10H21NOS. The molecular weight excluding hydrogens is 182 g/mol. The maximum absolute atomic E-state index is 5.64. The molecule has 1 unspecified atom stereocenters. The molecule has 3 heteroatoms. The lowest BCUT2D eigenvalue weighted by molar-refractivity contribution is 0.0534. The molecule has 78 valence electrons. The van der Waals surface area contributed by atoms with E-state index < -0.39 is 0 Å². The Balaban J connectivity index is 3.42. The Morgan fingerprint density at radius 2 is 2.08 bits per heavy atom. The zero-order valence-electron chi connectivity index (χ0n) is 8.71. The van der Waals surface area contributed by atoms with Crippen molar-refractivity contribution in [1.29, 1.82) is 0 Å². The Kier molecular flexibility index (Phi) is 8.35. The molecule has 0 radical (unpaired) electrons. The number of rotatable bonds is 8. The summed E-state index contributed by atoms with van der Waals surface area (Å²) in [5.74, 6) is 0. The topological polar surface area (TPSA) is 35.2 Å². The molecule has 0 aromatic heterocycles. The zero-order chi connectivity index (χ0) is 10.1. The fourth-order valence-electron chi connectivity index (χ4n) is 1.15. The largest absolute Gasteiger partial charge is 0.393 e. The van der Waals surface area contributed by atoms with Crippen LogP contribution in [-0.4, -0.2) is 17.7 Å². The average Bonchev–Trinajstić information content (AvgIpc) is 2.09. The van der Waals surface area contributed by atoms with Crippen molar-refractivity contribution in [1.82, 2.24) is 0 Å². The first kappa shape index (κ1) is 12.8. The van der Waals surface area contributed by atoms with E-state index in [4.69, 9.17) is 22.7 Å². The second-order valence-electron chi connectivity index (χ2n) is 3.28. The SMILES string of the molecule is CCCCCOC(CC)CC(N)=S. The van der Waals surface area contributed by atoms with Gasteiger partial charge >= 0.3 is 0 Å². The van der Waals surface area contributed by atoms with E-state index in [2.05, 4.69) is 13.8 Å². The Bertz CT molecular complexity index is 139. The van der Waals surface area contributed by atoms with Crippen LogP contribution in [0.3, 0.4) is 0 Å². The Morgan fingerprint density at radius 1 is 1.38 bits per heavy atom. The normalized spacial score (nSPS) is 12.8. The number of nitrogens with two attached hydrogens (primary N) is 1. The molecule has 0 spiro atoms. The molecule has 0 aliphatic heterocycles. The quantitative estimate of drug-likeness (QED) is 0.486. The van der Waals surface area contributed by atoms with Crippen molar-refractivity contribution < 1.29 is 4.74 Å². The molecule has 2 nitrogen and oxygen atoms in total. The molecule has 13 heavy (non-hydrogen) atoms. The van der Waals surface area contributed by atoms with Gasteiger partial charge in [0.2, 0.25) is 0 Å². The highest BCUT2D eigenvalue weighted by Gasteiger charge is 2.06. The van der Waals surface area contributed by atoms with Crippen molar-refractivity contribution in [2.24, 2.45) is 5.73 Å². The van der Waals surface area contributed by atoms with Gasteiger partial charge in [-0.1, -0.05) is 38.9 Å². The van der Waals surface area contributed by atoms with E-state index in [1.165, 1.54) is 12.8 Å². The Hall–Kier alpha value is -0.150. The standard InChI is InChI=1S/C10H21NOS/c1-3-5-6-7-12-9(4-2)8-10(11)13/h9H,3-8H2,1-2H3,(H2,11,13). The molecule has 0 fully saturated rings. The molecule has 0 saturated carbocycles. The lowest BCUT2D eigenvalue weighted by Crippen LogP contribution is -2.21. The predicted octanol–water partition coefficient (Wildman–Crippen LogP) is 2.65. The number of thiocarbonyl (C=S) groups is 1. The van der Waals surface area contributed by atoms with Gasteiger partial charge in [0.15, 0.2) is 0 Å². The van der Waals surface area contributed by atoms with Crippen LogP contribution in [0.2, 0.25) is 0 Å². The second-order valence-corrected chi connectivity index (χ2v) is 3.80. The van der Waals surface area contributed by atoms with Gasteiger partial charge in [-0.2, -0.15) is 0 Å². The van der Waals surface area contributed by atoms with Gasteiger partial charge in [-0.3, -0.25) is 0 Å². The van der Waals surface area contributed by atoms with Crippen LogP contribution in [0.15, 0.2) is 0 Å². The van der Waals surface area contributed by atoms with E-state index in [1.807, 2.05) is 0 Å². The fraction of sp³-hybridized carbons (Fsp3) is 0.900. The summed E-state index contributed by atoms with van der Waals surface area (Å²) >= 11 is 4.84. The molecule has 0 rings (SSSR count). The summed E-state index contributed by atoms with van der Waals surface area (Å²) in [5, 5.41) is 0. The highest BCUT2D eigenvalue weighted by atomic mass is 32.1. The van der Waals surface area contributed by atoms with Gasteiger partial charge in [0.1, 0.15) is 0 Å². The lowest BCUT2D eigenvalue weighted by atomic mass is 10.2. The van der Waals surface area contributed by atoms with E-state index in [0.717, 1.165) is 25.9 Å². The summed E-state index contributed by atoms with van der Waals surface area (Å²) in [6.07, 6.45) is 5.56. The van der Waals surface area contributed by atoms with Crippen molar-refractivity contribution in [3.8, 4) is 0 Å². The number of hydrogen-bond acceptors (Lipinski definition) is 2. The summed E-state index contributed by atoms with van der Waals surface area (Å²) in [4.78, 5) is 0.558. The summed E-state index contributed by atoms with van der Waals surface area (Å²) in [6, 6.07) is 0. The van der Waals surface area contributed by atoms with Crippen LogP contribution in [-0.2, 0) is 4.74 Å². The predicted molar refractivity (Wildman–Crippen MR) is 61.0 cm³/mol. The highest BCUT2D eigenvalue weighted by molar-refractivity contribution is 7.80. The third-order valence-corrected chi connectivity index (χ3v) is 2.15. The van der Waals surface area contributed by atoms with Crippen molar-refractivity contribution in [3.05, 3.63) is 0 Å². The molecule has 0 heterocycles. The first-order valence-corrected chi connectivity index (χ1v) is 5.51. The minimum Gasteiger partial charge on any atom is -0.393 e. The Labute approximate surface area is 86.8 Å². The molecule has 2 N–H and O–H groups in total. The van der Waals surface area contributed by atoms with Crippen LogP contribution in [0, 0.1) is 0 Å². The molecule has 0 saturated heterocycles. The van der Waals surface area contributed by atoms with E-state index >= 15 is 0 Å². The Morgan fingerprint density at radius 3 is 2.54 bits per heavy atom. The number of ether oxygens (including phenoxy) is 1. The van der Waals surface area contributed by atoms with Crippen molar-refractivity contribution in [2.45, 2.75) is 52.1 Å². The third-order valence-electron chi connectivity index (χ3n) is 1.99. The number of hydrogen-bond donors (Lipinski definition) is 1. The molecule has 0 amide bonds. The second kappa shape index (κ2) is 8.45. The van der Waals surface area contributed by atoms with Crippen LogP contribution >= 0.6 is 12.2 Å². The van der Waals surface area contributed by atoms with E-state index in [-0.39, 0.29) is 6.10 Å². The van der Waals surface area contributed by atoms with E-state index in [9.17, 15) is 0 Å². The minimum absolute atomic E-state index is 0.231. The number of unbranched alkanes of at least 4 members (excludes halogenated alkanes) is 2. The highest BCUT2D eigenvalue weighted by Crippen LogP contribution is 2.05. The molecule has 1 atom stereocenters.